The van der Waals surface area contributed by atoms with Crippen LogP contribution in [0.25, 0.3) is 21.8 Å². The van der Waals surface area contributed by atoms with E-state index in [4.69, 9.17) is 0 Å². The van der Waals surface area contributed by atoms with Gasteiger partial charge in [-0.05, 0) is 61.6 Å². The van der Waals surface area contributed by atoms with E-state index in [1.165, 1.54) is 22.1 Å². The molecule has 2 amide bonds. The van der Waals surface area contributed by atoms with Crippen molar-refractivity contribution < 1.29 is 4.79 Å². The van der Waals surface area contributed by atoms with Gasteiger partial charge in [0.1, 0.15) is 22.7 Å². The molecule has 47 heavy (non-hydrogen) atoms. The van der Waals surface area contributed by atoms with Crippen molar-refractivity contribution in [3.05, 3.63) is 112 Å². The first-order valence-corrected chi connectivity index (χ1v) is 16.0. The Balaban J connectivity index is 1.18. The molecule has 234 valence electrons. The molecule has 1 aromatic carbocycles. The van der Waals surface area contributed by atoms with Crippen LogP contribution in [0.4, 0.5) is 16.4 Å². The molecule has 0 bridgehead atoms. The number of amides is 2. The number of aryl methyl sites for hydroxylation is 1. The Kier molecular flexibility index (Phi) is 9.32. The maximum Gasteiger partial charge on any atom is 0.322 e. The SMILES string of the molecule is Cn1ccc(-c2ccc(N(C(=O)NCc3ccccc3)C3CCC(Nc4ncc(C#N)c(-c5ccc(C#N)s5)n4)CC3)cn2)cc1=O. The Labute approximate surface area is 275 Å². The van der Waals surface area contributed by atoms with Crippen molar-refractivity contribution in [3.63, 3.8) is 0 Å². The van der Waals surface area contributed by atoms with Crippen LogP contribution < -0.4 is 21.1 Å². The van der Waals surface area contributed by atoms with Crippen molar-refractivity contribution in [1.29, 1.82) is 10.5 Å². The van der Waals surface area contributed by atoms with E-state index in [-0.39, 0.29) is 23.7 Å². The van der Waals surface area contributed by atoms with E-state index < -0.39 is 0 Å². The third-order valence-corrected chi connectivity index (χ3v) is 9.18. The van der Waals surface area contributed by atoms with E-state index >= 15 is 0 Å². The van der Waals surface area contributed by atoms with E-state index in [1.54, 1.807) is 42.5 Å². The van der Waals surface area contributed by atoms with Crippen LogP contribution in [0.15, 0.2) is 90.1 Å². The number of rotatable bonds is 8. The van der Waals surface area contributed by atoms with Gasteiger partial charge < -0.3 is 15.2 Å². The molecule has 6 rings (SSSR count). The molecule has 1 fully saturated rings. The number of hydrogen-bond donors (Lipinski definition) is 2. The first-order valence-electron chi connectivity index (χ1n) is 15.2. The fourth-order valence-corrected chi connectivity index (χ4v) is 6.47. The summed E-state index contributed by atoms with van der Waals surface area (Å²) < 4.78 is 1.50. The molecule has 0 atom stereocenters. The number of nitrogens with zero attached hydrogens (tertiary/aromatic N) is 7. The van der Waals surface area contributed by atoms with Crippen LogP contribution >= 0.6 is 11.3 Å². The number of pyridine rings is 2. The standard InChI is InChI=1S/C35H31N9O2S/c1-43-16-15-24(17-32(43)45)30-13-11-28(22-38-30)44(35(46)40-20-23-5-3-2-4-6-23)27-9-7-26(8-10-27)41-34-39-21-25(18-36)33(42-34)31-14-12-29(19-37)47-31/h2-6,11-17,21-22,26-27H,7-10,20H2,1H3,(H,40,46)(H,39,41,42). The predicted octanol–water partition coefficient (Wildman–Crippen LogP) is 5.85. The average Bonchev–Trinajstić information content (AvgIpc) is 3.60. The molecule has 11 nitrogen and oxygen atoms in total. The number of hydrogen-bond acceptors (Lipinski definition) is 9. The van der Waals surface area contributed by atoms with Crippen LogP contribution in [-0.2, 0) is 13.6 Å². The van der Waals surface area contributed by atoms with Gasteiger partial charge in [0.2, 0.25) is 5.95 Å². The lowest BCUT2D eigenvalue weighted by Gasteiger charge is -2.37. The van der Waals surface area contributed by atoms with Gasteiger partial charge in [0.15, 0.2) is 0 Å². The number of aromatic nitrogens is 4. The second kappa shape index (κ2) is 14.1. The second-order valence-electron chi connectivity index (χ2n) is 11.3. The first-order chi connectivity index (χ1) is 22.9. The van der Waals surface area contributed by atoms with Gasteiger partial charge >= 0.3 is 6.03 Å². The molecule has 0 saturated heterocycles. The molecule has 0 unspecified atom stereocenters. The number of carbonyl (C=O) groups excluding carboxylic acids is 1. The zero-order valence-corrected chi connectivity index (χ0v) is 26.4. The molecule has 1 aliphatic rings. The number of benzene rings is 1. The van der Waals surface area contributed by atoms with Crippen LogP contribution in [0.1, 0.15) is 41.7 Å². The maximum atomic E-state index is 13.7. The van der Waals surface area contributed by atoms with Crippen molar-refractivity contribution in [2.24, 2.45) is 7.05 Å². The van der Waals surface area contributed by atoms with Gasteiger partial charge in [-0.1, -0.05) is 30.3 Å². The molecular formula is C35H31N9O2S. The molecule has 5 aromatic rings. The Hall–Kier alpha value is -5.85. The zero-order valence-electron chi connectivity index (χ0n) is 25.6. The van der Waals surface area contributed by atoms with Crippen molar-refractivity contribution >= 4 is 29.0 Å². The van der Waals surface area contributed by atoms with Crippen molar-refractivity contribution in [3.8, 4) is 34.0 Å². The second-order valence-corrected chi connectivity index (χ2v) is 12.4. The Bertz CT molecular complexity index is 2020. The highest BCUT2D eigenvalue weighted by Crippen LogP contribution is 2.32. The molecule has 1 saturated carbocycles. The monoisotopic (exact) mass is 641 g/mol. The number of nitrogens with one attached hydrogen (secondary N) is 2. The number of anilines is 2. The lowest BCUT2D eigenvalue weighted by atomic mass is 9.90. The van der Waals surface area contributed by atoms with Crippen molar-refractivity contribution in [2.45, 2.75) is 44.3 Å². The molecule has 1 aliphatic carbocycles. The summed E-state index contributed by atoms with van der Waals surface area (Å²) in [5.41, 5.74) is 3.76. The lowest BCUT2D eigenvalue weighted by molar-refractivity contribution is 0.240. The van der Waals surface area contributed by atoms with E-state index in [2.05, 4.69) is 37.7 Å². The molecule has 4 heterocycles. The van der Waals surface area contributed by atoms with Crippen molar-refractivity contribution in [2.75, 3.05) is 10.2 Å². The lowest BCUT2D eigenvalue weighted by Crippen LogP contribution is -2.48. The summed E-state index contributed by atoms with van der Waals surface area (Å²) in [7, 11) is 1.70. The molecule has 0 spiro atoms. The summed E-state index contributed by atoms with van der Waals surface area (Å²) in [6, 6.07) is 24.4. The van der Waals surface area contributed by atoms with Crippen molar-refractivity contribution in [1.82, 2.24) is 24.8 Å². The number of carbonyl (C=O) groups is 1. The number of thiophene rings is 1. The molecule has 0 radical (unpaired) electrons. The van der Waals surface area contributed by atoms with Crippen LogP contribution in [0.3, 0.4) is 0 Å². The molecular weight excluding hydrogens is 611 g/mol. The Morgan fingerprint density at radius 1 is 1.00 bits per heavy atom. The van der Waals surface area contributed by atoms with Crippen LogP contribution in [0, 0.1) is 22.7 Å². The minimum absolute atomic E-state index is 0.0699. The summed E-state index contributed by atoms with van der Waals surface area (Å²) >= 11 is 1.28. The fraction of sp³-hybridized carbons (Fsp3) is 0.229. The fourth-order valence-electron chi connectivity index (χ4n) is 5.67. The highest BCUT2D eigenvalue weighted by molar-refractivity contribution is 7.16. The quantitative estimate of drug-likeness (QED) is 0.214. The molecule has 4 aromatic heterocycles. The van der Waals surface area contributed by atoms with Gasteiger partial charge in [0, 0.05) is 43.5 Å². The third-order valence-electron chi connectivity index (χ3n) is 8.19. The van der Waals surface area contributed by atoms with Gasteiger partial charge in [0.05, 0.1) is 34.2 Å². The minimum Gasteiger partial charge on any atom is -0.351 e. The van der Waals surface area contributed by atoms with Gasteiger partial charge in [-0.3, -0.25) is 14.7 Å². The number of urea groups is 1. The first kappa shape index (κ1) is 31.1. The van der Waals surface area contributed by atoms with Gasteiger partial charge in [0.25, 0.3) is 5.56 Å². The van der Waals surface area contributed by atoms with Gasteiger partial charge in [-0.15, -0.1) is 11.3 Å². The summed E-state index contributed by atoms with van der Waals surface area (Å²) in [6.07, 6.45) is 7.89. The molecule has 12 heteroatoms. The van der Waals surface area contributed by atoms with Gasteiger partial charge in [-0.25, -0.2) is 14.8 Å². The average molecular weight is 642 g/mol. The third kappa shape index (κ3) is 7.19. The summed E-state index contributed by atoms with van der Waals surface area (Å²) in [5.74, 6) is 0.419. The predicted molar refractivity (Wildman–Crippen MR) is 181 cm³/mol. The highest BCUT2D eigenvalue weighted by Gasteiger charge is 2.31. The van der Waals surface area contributed by atoms with E-state index in [1.807, 2.05) is 48.5 Å². The van der Waals surface area contributed by atoms with Crippen LogP contribution in [-0.4, -0.2) is 37.6 Å². The molecule has 0 aliphatic heterocycles. The van der Waals surface area contributed by atoms with Crippen LogP contribution in [0.2, 0.25) is 0 Å². The number of nitriles is 2. The highest BCUT2D eigenvalue weighted by atomic mass is 32.1. The minimum atomic E-state index is -0.207. The van der Waals surface area contributed by atoms with E-state index in [0.717, 1.165) is 36.1 Å². The van der Waals surface area contributed by atoms with E-state index in [9.17, 15) is 20.1 Å². The summed E-state index contributed by atoms with van der Waals surface area (Å²) in [4.78, 5) is 42.6. The van der Waals surface area contributed by atoms with Gasteiger partial charge in [-0.2, -0.15) is 10.5 Å². The van der Waals surface area contributed by atoms with Crippen LogP contribution in [0.5, 0.6) is 0 Å². The summed E-state index contributed by atoms with van der Waals surface area (Å²) in [6.45, 7) is 0.393. The zero-order chi connectivity index (χ0) is 32.8. The normalized spacial score (nSPS) is 15.6. The largest absolute Gasteiger partial charge is 0.351 e. The van der Waals surface area contributed by atoms with E-state index in [0.29, 0.717) is 45.6 Å². The summed E-state index contributed by atoms with van der Waals surface area (Å²) in [5, 5.41) is 25.3. The maximum absolute atomic E-state index is 13.7. The smallest absolute Gasteiger partial charge is 0.322 e. The Morgan fingerprint density at radius 2 is 1.81 bits per heavy atom. The molecule has 2 N–H and O–H groups in total. The topological polar surface area (TPSA) is 153 Å². The Morgan fingerprint density at radius 3 is 2.49 bits per heavy atom.